The van der Waals surface area contributed by atoms with Crippen molar-refractivity contribution in [2.45, 2.75) is 52.1 Å². The van der Waals surface area contributed by atoms with E-state index in [9.17, 15) is 4.79 Å². The predicted octanol–water partition coefficient (Wildman–Crippen LogP) is 3.41. The molecule has 2 unspecified atom stereocenters. The Morgan fingerprint density at radius 2 is 2.19 bits per heavy atom. The van der Waals surface area contributed by atoms with E-state index < -0.39 is 0 Å². The summed E-state index contributed by atoms with van der Waals surface area (Å²) in [5.41, 5.74) is 3.48. The molecule has 5 nitrogen and oxygen atoms in total. The number of thiophene rings is 1. The zero-order valence-electron chi connectivity index (χ0n) is 15.6. The molecule has 2 aromatic heterocycles. The molecule has 3 aliphatic heterocycles. The summed E-state index contributed by atoms with van der Waals surface area (Å²) >= 11 is 1.70. The molecule has 2 aromatic rings. The summed E-state index contributed by atoms with van der Waals surface area (Å²) in [6, 6.07) is 2.47. The minimum atomic E-state index is 0.324. The standard InChI is InChI=1S/C20H27N3O2S/c1-14-19(15(2)25-21-14)12-22-9-17-3-5-18(11-22)23(10-17)20(24)6-4-16-7-8-26-13-16/h7-8,13,17-18H,3-6,9-12H2,1-2H3. The molecule has 2 atom stereocenters. The van der Waals surface area contributed by atoms with Gasteiger partial charge in [0, 0.05) is 44.2 Å². The normalized spacial score (nSPS) is 23.4. The van der Waals surface area contributed by atoms with Gasteiger partial charge in [-0.15, -0.1) is 0 Å². The molecule has 0 aromatic carbocycles. The van der Waals surface area contributed by atoms with Crippen LogP contribution < -0.4 is 0 Å². The number of carbonyl (C=O) groups is 1. The molecule has 2 bridgehead atoms. The Kier molecular flexibility index (Phi) is 5.14. The number of amides is 1. The Morgan fingerprint density at radius 1 is 1.31 bits per heavy atom. The van der Waals surface area contributed by atoms with Gasteiger partial charge < -0.3 is 9.42 Å². The second-order valence-corrected chi connectivity index (χ2v) is 8.55. The van der Waals surface area contributed by atoms with Gasteiger partial charge >= 0.3 is 0 Å². The van der Waals surface area contributed by atoms with Gasteiger partial charge in [0.25, 0.3) is 0 Å². The molecule has 140 valence electrons. The number of hydrogen-bond donors (Lipinski definition) is 0. The number of carbonyl (C=O) groups excluding carboxylic acids is 1. The van der Waals surface area contributed by atoms with Crippen molar-refractivity contribution in [1.82, 2.24) is 15.0 Å². The fraction of sp³-hybridized carbons (Fsp3) is 0.600. The maximum absolute atomic E-state index is 12.9. The van der Waals surface area contributed by atoms with Crippen LogP contribution in [0.4, 0.5) is 0 Å². The molecule has 3 aliphatic rings. The van der Waals surface area contributed by atoms with Crippen molar-refractivity contribution in [3.8, 4) is 0 Å². The largest absolute Gasteiger partial charge is 0.361 e. The first-order valence-corrected chi connectivity index (χ1v) is 10.5. The highest BCUT2D eigenvalue weighted by molar-refractivity contribution is 7.07. The minimum absolute atomic E-state index is 0.324. The van der Waals surface area contributed by atoms with Crippen LogP contribution in [0.2, 0.25) is 0 Å². The fourth-order valence-corrected chi connectivity index (χ4v) is 5.10. The minimum Gasteiger partial charge on any atom is -0.361 e. The van der Waals surface area contributed by atoms with Crippen molar-refractivity contribution in [2.24, 2.45) is 5.92 Å². The number of aromatic nitrogens is 1. The van der Waals surface area contributed by atoms with Crippen molar-refractivity contribution in [3.05, 3.63) is 39.4 Å². The average Bonchev–Trinajstić information content (AvgIpc) is 3.15. The van der Waals surface area contributed by atoms with Gasteiger partial charge in [0.15, 0.2) is 0 Å². The molecule has 26 heavy (non-hydrogen) atoms. The van der Waals surface area contributed by atoms with E-state index in [0.29, 0.717) is 24.3 Å². The highest BCUT2D eigenvalue weighted by Gasteiger charge is 2.37. The Bertz CT molecular complexity index is 736. The van der Waals surface area contributed by atoms with Crippen LogP contribution in [0.3, 0.4) is 0 Å². The summed E-state index contributed by atoms with van der Waals surface area (Å²) in [4.78, 5) is 17.5. The SMILES string of the molecule is Cc1noc(C)c1CN1CC2CCC(C1)N(C(=O)CCc1ccsc1)C2. The lowest BCUT2D eigenvalue weighted by atomic mass is 9.94. The molecule has 5 rings (SSSR count). The van der Waals surface area contributed by atoms with Crippen LogP contribution in [-0.2, 0) is 17.8 Å². The van der Waals surface area contributed by atoms with Crippen molar-refractivity contribution in [2.75, 3.05) is 19.6 Å². The number of hydrogen-bond acceptors (Lipinski definition) is 5. The Morgan fingerprint density at radius 3 is 2.92 bits per heavy atom. The van der Waals surface area contributed by atoms with Crippen LogP contribution >= 0.6 is 11.3 Å². The third kappa shape index (κ3) is 3.71. The van der Waals surface area contributed by atoms with Crippen LogP contribution in [0, 0.1) is 19.8 Å². The number of fused-ring (bicyclic) bond motifs is 4. The molecular weight excluding hydrogens is 346 g/mol. The molecule has 0 radical (unpaired) electrons. The molecule has 1 amide bonds. The average molecular weight is 374 g/mol. The van der Waals surface area contributed by atoms with Crippen molar-refractivity contribution in [3.63, 3.8) is 0 Å². The summed E-state index contributed by atoms with van der Waals surface area (Å²) in [6.45, 7) is 7.83. The summed E-state index contributed by atoms with van der Waals surface area (Å²) in [7, 11) is 0. The molecule has 6 heteroatoms. The smallest absolute Gasteiger partial charge is 0.223 e. The van der Waals surface area contributed by atoms with E-state index in [4.69, 9.17) is 4.52 Å². The highest BCUT2D eigenvalue weighted by atomic mass is 32.1. The highest BCUT2D eigenvalue weighted by Crippen LogP contribution is 2.30. The van der Waals surface area contributed by atoms with Gasteiger partial charge in [-0.3, -0.25) is 9.69 Å². The van der Waals surface area contributed by atoms with E-state index in [-0.39, 0.29) is 0 Å². The second kappa shape index (κ2) is 7.53. The first-order chi connectivity index (χ1) is 12.6. The number of nitrogens with zero attached hydrogens (tertiary/aromatic N) is 3. The van der Waals surface area contributed by atoms with E-state index >= 15 is 0 Å². The van der Waals surface area contributed by atoms with Gasteiger partial charge in [0.1, 0.15) is 5.76 Å². The van der Waals surface area contributed by atoms with Crippen molar-refractivity contribution in [1.29, 1.82) is 0 Å². The Balaban J connectivity index is 1.40. The molecule has 0 spiro atoms. The van der Waals surface area contributed by atoms with Crippen LogP contribution in [0.5, 0.6) is 0 Å². The summed E-state index contributed by atoms with van der Waals surface area (Å²) in [6.07, 6.45) is 3.85. The summed E-state index contributed by atoms with van der Waals surface area (Å²) < 4.78 is 5.32. The van der Waals surface area contributed by atoms with Gasteiger partial charge in [0.2, 0.25) is 5.91 Å². The lowest BCUT2D eigenvalue weighted by Crippen LogP contribution is -2.47. The van der Waals surface area contributed by atoms with E-state index in [2.05, 4.69) is 31.8 Å². The van der Waals surface area contributed by atoms with Gasteiger partial charge in [-0.1, -0.05) is 5.16 Å². The monoisotopic (exact) mass is 373 g/mol. The third-order valence-corrected chi connectivity index (χ3v) is 6.61. The van der Waals surface area contributed by atoms with Crippen LogP contribution in [0.1, 0.15) is 41.8 Å². The van der Waals surface area contributed by atoms with E-state index in [1.54, 1.807) is 11.3 Å². The topological polar surface area (TPSA) is 49.6 Å². The molecule has 0 aliphatic carbocycles. The lowest BCUT2D eigenvalue weighted by Gasteiger charge is -2.36. The number of rotatable bonds is 5. The zero-order chi connectivity index (χ0) is 18.1. The maximum atomic E-state index is 12.9. The van der Waals surface area contributed by atoms with Gasteiger partial charge in [-0.25, -0.2) is 0 Å². The Labute approximate surface area is 159 Å². The van der Waals surface area contributed by atoms with Crippen LogP contribution in [0.15, 0.2) is 21.3 Å². The van der Waals surface area contributed by atoms with E-state index in [1.807, 2.05) is 13.8 Å². The molecule has 3 saturated heterocycles. The molecule has 0 saturated carbocycles. The molecule has 5 heterocycles. The zero-order valence-corrected chi connectivity index (χ0v) is 16.4. The van der Waals surface area contributed by atoms with Gasteiger partial charge in [-0.05, 0) is 61.4 Å². The second-order valence-electron chi connectivity index (χ2n) is 7.77. The Hall–Kier alpha value is -1.66. The van der Waals surface area contributed by atoms with Gasteiger partial charge in [-0.2, -0.15) is 11.3 Å². The lowest BCUT2D eigenvalue weighted by molar-refractivity contribution is -0.135. The molecule has 3 fully saturated rings. The number of aryl methyl sites for hydroxylation is 3. The van der Waals surface area contributed by atoms with E-state index in [1.165, 1.54) is 17.5 Å². The summed E-state index contributed by atoms with van der Waals surface area (Å²) in [5.74, 6) is 1.83. The maximum Gasteiger partial charge on any atom is 0.223 e. The quantitative estimate of drug-likeness (QED) is 0.806. The van der Waals surface area contributed by atoms with E-state index in [0.717, 1.165) is 50.5 Å². The first kappa shape index (κ1) is 17.7. The molecule has 0 N–H and O–H groups in total. The van der Waals surface area contributed by atoms with Crippen molar-refractivity contribution >= 4 is 17.2 Å². The molecular formula is C20H27N3O2S. The first-order valence-electron chi connectivity index (χ1n) is 9.55. The van der Waals surface area contributed by atoms with Gasteiger partial charge in [0.05, 0.1) is 5.69 Å². The number of piperidine rings is 1. The van der Waals surface area contributed by atoms with Crippen LogP contribution in [-0.4, -0.2) is 46.5 Å². The van der Waals surface area contributed by atoms with Crippen LogP contribution in [0.25, 0.3) is 0 Å². The predicted molar refractivity (Wildman–Crippen MR) is 102 cm³/mol. The fourth-order valence-electron chi connectivity index (χ4n) is 4.39. The third-order valence-electron chi connectivity index (χ3n) is 5.88. The van der Waals surface area contributed by atoms with Crippen molar-refractivity contribution < 1.29 is 9.32 Å². The summed E-state index contributed by atoms with van der Waals surface area (Å²) in [5, 5.41) is 8.31.